The molecule has 1 aliphatic heterocycles. The van der Waals surface area contributed by atoms with E-state index in [2.05, 4.69) is 4.74 Å². The van der Waals surface area contributed by atoms with Gasteiger partial charge in [-0.05, 0) is 12.5 Å². The number of hydrogen-bond donors (Lipinski definition) is 1. The van der Waals surface area contributed by atoms with Crippen LogP contribution >= 0.6 is 0 Å². The zero-order valence-electron chi connectivity index (χ0n) is 9.18. The molecule has 0 saturated heterocycles. The number of rotatable bonds is 3. The van der Waals surface area contributed by atoms with Gasteiger partial charge in [0, 0.05) is 11.5 Å². The van der Waals surface area contributed by atoms with Gasteiger partial charge >= 0.3 is 5.97 Å². The van der Waals surface area contributed by atoms with E-state index in [0.29, 0.717) is 13.0 Å². The average Bonchev–Trinajstić information content (AvgIpc) is 2.72. The molecule has 2 unspecified atom stereocenters. The number of nitrogens with two attached hydrogens (primary N) is 1. The highest BCUT2D eigenvalue weighted by molar-refractivity contribution is 5.75. The molecule has 4 heteroatoms. The van der Waals surface area contributed by atoms with E-state index in [1.807, 2.05) is 24.3 Å². The Morgan fingerprint density at radius 3 is 3.12 bits per heavy atom. The Labute approximate surface area is 94.3 Å². The molecule has 2 atom stereocenters. The Kier molecular flexibility index (Phi) is 3.10. The monoisotopic (exact) mass is 221 g/mol. The second-order valence-corrected chi connectivity index (χ2v) is 3.91. The molecule has 2 rings (SSSR count). The van der Waals surface area contributed by atoms with Crippen molar-refractivity contribution in [2.24, 2.45) is 5.73 Å². The van der Waals surface area contributed by atoms with E-state index >= 15 is 0 Å². The SMILES string of the molecule is COC(=O)C(N)CC1COc2ccccc21. The number of methoxy groups -OCH3 is 1. The molecule has 0 bridgehead atoms. The number of benzene rings is 1. The highest BCUT2D eigenvalue weighted by atomic mass is 16.5. The molecule has 0 fully saturated rings. The zero-order chi connectivity index (χ0) is 11.5. The summed E-state index contributed by atoms with van der Waals surface area (Å²) in [6.07, 6.45) is 0.559. The summed E-state index contributed by atoms with van der Waals surface area (Å²) in [4.78, 5) is 11.2. The van der Waals surface area contributed by atoms with Gasteiger partial charge in [-0.1, -0.05) is 18.2 Å². The van der Waals surface area contributed by atoms with Crippen LogP contribution in [0.1, 0.15) is 17.9 Å². The Bertz CT molecular complexity index is 392. The standard InChI is InChI=1S/C12H15NO3/c1-15-12(14)10(13)6-8-7-16-11-5-3-2-4-9(8)11/h2-5,8,10H,6-7,13H2,1H3. The van der Waals surface area contributed by atoms with Crippen molar-refractivity contribution < 1.29 is 14.3 Å². The molecule has 1 heterocycles. The highest BCUT2D eigenvalue weighted by Gasteiger charge is 2.28. The molecular weight excluding hydrogens is 206 g/mol. The average molecular weight is 221 g/mol. The van der Waals surface area contributed by atoms with Crippen LogP contribution < -0.4 is 10.5 Å². The summed E-state index contributed by atoms with van der Waals surface area (Å²) in [6.45, 7) is 0.587. The van der Waals surface area contributed by atoms with Crippen molar-refractivity contribution in [2.75, 3.05) is 13.7 Å². The van der Waals surface area contributed by atoms with Gasteiger partial charge in [0.05, 0.1) is 13.7 Å². The first-order valence-corrected chi connectivity index (χ1v) is 5.27. The molecule has 16 heavy (non-hydrogen) atoms. The maximum absolute atomic E-state index is 11.2. The fourth-order valence-corrected chi connectivity index (χ4v) is 1.98. The lowest BCUT2D eigenvalue weighted by Crippen LogP contribution is -2.33. The molecular formula is C12H15NO3. The summed E-state index contributed by atoms with van der Waals surface area (Å²) in [5, 5.41) is 0. The molecule has 1 aromatic rings. The van der Waals surface area contributed by atoms with Crippen LogP contribution in [-0.2, 0) is 9.53 Å². The summed E-state index contributed by atoms with van der Waals surface area (Å²) >= 11 is 0. The molecule has 0 amide bonds. The first-order chi connectivity index (χ1) is 7.72. The van der Waals surface area contributed by atoms with Crippen molar-refractivity contribution in [3.63, 3.8) is 0 Å². The number of carbonyl (C=O) groups excluding carboxylic acids is 1. The molecule has 0 aromatic heterocycles. The van der Waals surface area contributed by atoms with Crippen molar-refractivity contribution in [1.29, 1.82) is 0 Å². The van der Waals surface area contributed by atoms with Crippen LogP contribution in [0.25, 0.3) is 0 Å². The number of para-hydroxylation sites is 1. The van der Waals surface area contributed by atoms with Crippen molar-refractivity contribution in [3.8, 4) is 5.75 Å². The number of fused-ring (bicyclic) bond motifs is 1. The second kappa shape index (κ2) is 4.53. The molecule has 1 aliphatic rings. The summed E-state index contributed by atoms with van der Waals surface area (Å²) in [6, 6.07) is 7.26. The van der Waals surface area contributed by atoms with E-state index in [-0.39, 0.29) is 11.9 Å². The third-order valence-electron chi connectivity index (χ3n) is 2.84. The van der Waals surface area contributed by atoms with Crippen molar-refractivity contribution in [3.05, 3.63) is 29.8 Å². The molecule has 86 valence electrons. The predicted octanol–water partition coefficient (Wildman–Crippen LogP) is 1.05. The quantitative estimate of drug-likeness (QED) is 0.775. The second-order valence-electron chi connectivity index (χ2n) is 3.91. The van der Waals surface area contributed by atoms with Crippen molar-refractivity contribution in [2.45, 2.75) is 18.4 Å². The van der Waals surface area contributed by atoms with Crippen LogP contribution in [0.5, 0.6) is 5.75 Å². The number of ether oxygens (including phenoxy) is 2. The van der Waals surface area contributed by atoms with Crippen LogP contribution in [0.2, 0.25) is 0 Å². The Morgan fingerprint density at radius 2 is 2.38 bits per heavy atom. The lowest BCUT2D eigenvalue weighted by Gasteiger charge is -2.13. The fourth-order valence-electron chi connectivity index (χ4n) is 1.98. The molecule has 4 nitrogen and oxygen atoms in total. The van der Waals surface area contributed by atoms with Crippen LogP contribution in [0.3, 0.4) is 0 Å². The summed E-state index contributed by atoms with van der Waals surface area (Å²) in [7, 11) is 1.35. The number of carbonyl (C=O) groups is 1. The molecule has 1 aromatic carbocycles. The van der Waals surface area contributed by atoms with E-state index in [4.69, 9.17) is 10.5 Å². The summed E-state index contributed by atoms with van der Waals surface area (Å²) in [5.41, 5.74) is 6.86. The molecule has 0 saturated carbocycles. The molecule has 0 radical (unpaired) electrons. The first kappa shape index (κ1) is 11.0. The summed E-state index contributed by atoms with van der Waals surface area (Å²) in [5.74, 6) is 0.708. The molecule has 0 spiro atoms. The number of hydrogen-bond acceptors (Lipinski definition) is 4. The van der Waals surface area contributed by atoms with Crippen LogP contribution in [0, 0.1) is 0 Å². The van der Waals surface area contributed by atoms with Gasteiger partial charge in [0.25, 0.3) is 0 Å². The van der Waals surface area contributed by atoms with E-state index < -0.39 is 6.04 Å². The highest BCUT2D eigenvalue weighted by Crippen LogP contribution is 2.35. The minimum atomic E-state index is -0.579. The lowest BCUT2D eigenvalue weighted by atomic mass is 9.94. The third kappa shape index (κ3) is 2.02. The van der Waals surface area contributed by atoms with E-state index in [1.54, 1.807) is 0 Å². The van der Waals surface area contributed by atoms with Gasteiger partial charge in [0.1, 0.15) is 11.8 Å². The maximum Gasteiger partial charge on any atom is 0.322 e. The Morgan fingerprint density at radius 1 is 1.62 bits per heavy atom. The van der Waals surface area contributed by atoms with Crippen LogP contribution in [-0.4, -0.2) is 25.7 Å². The van der Waals surface area contributed by atoms with Gasteiger partial charge in [0.15, 0.2) is 0 Å². The largest absolute Gasteiger partial charge is 0.493 e. The zero-order valence-corrected chi connectivity index (χ0v) is 9.18. The Hall–Kier alpha value is -1.55. The van der Waals surface area contributed by atoms with Crippen LogP contribution in [0.4, 0.5) is 0 Å². The van der Waals surface area contributed by atoms with Gasteiger partial charge in [-0.3, -0.25) is 4.79 Å². The van der Waals surface area contributed by atoms with Gasteiger partial charge in [-0.25, -0.2) is 0 Å². The maximum atomic E-state index is 11.2. The topological polar surface area (TPSA) is 61.5 Å². The normalized spacial score (nSPS) is 19.8. The van der Waals surface area contributed by atoms with Gasteiger partial charge < -0.3 is 15.2 Å². The van der Waals surface area contributed by atoms with E-state index in [0.717, 1.165) is 11.3 Å². The lowest BCUT2D eigenvalue weighted by molar-refractivity contribution is -0.142. The Balaban J connectivity index is 2.06. The van der Waals surface area contributed by atoms with Gasteiger partial charge in [-0.15, -0.1) is 0 Å². The van der Waals surface area contributed by atoms with E-state index in [9.17, 15) is 4.79 Å². The van der Waals surface area contributed by atoms with Crippen LogP contribution in [0.15, 0.2) is 24.3 Å². The van der Waals surface area contributed by atoms with Gasteiger partial charge in [-0.2, -0.15) is 0 Å². The van der Waals surface area contributed by atoms with Crippen molar-refractivity contribution in [1.82, 2.24) is 0 Å². The predicted molar refractivity (Wildman–Crippen MR) is 59.3 cm³/mol. The van der Waals surface area contributed by atoms with Gasteiger partial charge in [0.2, 0.25) is 0 Å². The fraction of sp³-hybridized carbons (Fsp3) is 0.417. The smallest absolute Gasteiger partial charge is 0.322 e. The molecule has 0 aliphatic carbocycles. The summed E-state index contributed by atoms with van der Waals surface area (Å²) < 4.78 is 10.1. The first-order valence-electron chi connectivity index (χ1n) is 5.27. The molecule has 2 N–H and O–H groups in total. The third-order valence-corrected chi connectivity index (χ3v) is 2.84. The minimum Gasteiger partial charge on any atom is -0.493 e. The minimum absolute atomic E-state index is 0.185. The van der Waals surface area contributed by atoms with E-state index in [1.165, 1.54) is 7.11 Å². The van der Waals surface area contributed by atoms with Crippen molar-refractivity contribution >= 4 is 5.97 Å². The number of esters is 1.